The van der Waals surface area contributed by atoms with Crippen molar-refractivity contribution in [2.75, 3.05) is 31.6 Å². The third-order valence-corrected chi connectivity index (χ3v) is 6.72. The average Bonchev–Trinajstić information content (AvgIpc) is 3.24. The molecule has 1 aliphatic heterocycles. The molecule has 0 radical (unpaired) electrons. The fraction of sp³-hybridized carbons (Fsp3) is 0.500. The van der Waals surface area contributed by atoms with Crippen LogP contribution in [0.25, 0.3) is 10.2 Å². The van der Waals surface area contributed by atoms with Crippen LogP contribution in [0.1, 0.15) is 34.6 Å². The van der Waals surface area contributed by atoms with Gasteiger partial charge in [0, 0.05) is 39.4 Å². The maximum absolute atomic E-state index is 12.6. The molecule has 0 saturated carbocycles. The summed E-state index contributed by atoms with van der Waals surface area (Å²) in [4.78, 5) is 25.8. The Balaban J connectivity index is 1.38. The Morgan fingerprint density at radius 2 is 2.04 bits per heavy atom. The Morgan fingerprint density at radius 1 is 1.29 bits per heavy atom. The summed E-state index contributed by atoms with van der Waals surface area (Å²) in [7, 11) is 3.74. The van der Waals surface area contributed by atoms with E-state index in [1.54, 1.807) is 22.3 Å². The van der Waals surface area contributed by atoms with Crippen molar-refractivity contribution in [2.24, 2.45) is 13.0 Å². The Kier molecular flexibility index (Phi) is 5.05. The predicted octanol–water partition coefficient (Wildman–Crippen LogP) is 3.03. The van der Waals surface area contributed by atoms with Crippen molar-refractivity contribution in [3.8, 4) is 0 Å². The van der Waals surface area contributed by atoms with Crippen LogP contribution in [0.4, 0.5) is 5.82 Å². The van der Waals surface area contributed by atoms with E-state index in [1.165, 1.54) is 10.3 Å². The van der Waals surface area contributed by atoms with Crippen molar-refractivity contribution >= 4 is 33.3 Å². The van der Waals surface area contributed by atoms with Crippen LogP contribution in [0, 0.1) is 19.8 Å². The molecular formula is C20H26N6OS. The van der Waals surface area contributed by atoms with Gasteiger partial charge in [0.15, 0.2) is 5.69 Å². The molecule has 28 heavy (non-hydrogen) atoms. The third kappa shape index (κ3) is 3.48. The third-order valence-electron chi connectivity index (χ3n) is 5.64. The Morgan fingerprint density at radius 3 is 2.71 bits per heavy atom. The van der Waals surface area contributed by atoms with Gasteiger partial charge in [-0.1, -0.05) is 0 Å². The molecule has 0 bridgehead atoms. The van der Waals surface area contributed by atoms with Crippen molar-refractivity contribution in [2.45, 2.75) is 26.7 Å². The normalized spacial score (nSPS) is 15.4. The van der Waals surface area contributed by atoms with Crippen LogP contribution in [0.5, 0.6) is 0 Å². The fourth-order valence-electron chi connectivity index (χ4n) is 3.84. The molecular weight excluding hydrogens is 372 g/mol. The largest absolute Gasteiger partial charge is 0.355 e. The second-order valence-electron chi connectivity index (χ2n) is 7.70. The van der Waals surface area contributed by atoms with Crippen molar-refractivity contribution in [1.29, 1.82) is 0 Å². The van der Waals surface area contributed by atoms with E-state index in [-0.39, 0.29) is 5.91 Å². The first kappa shape index (κ1) is 18.9. The number of thiophene rings is 1. The van der Waals surface area contributed by atoms with E-state index in [1.807, 2.05) is 32.0 Å². The average molecular weight is 399 g/mol. The summed E-state index contributed by atoms with van der Waals surface area (Å²) >= 11 is 1.72. The number of anilines is 1. The van der Waals surface area contributed by atoms with E-state index in [4.69, 9.17) is 0 Å². The van der Waals surface area contributed by atoms with Gasteiger partial charge >= 0.3 is 0 Å². The molecule has 3 aromatic rings. The van der Waals surface area contributed by atoms with Crippen molar-refractivity contribution < 1.29 is 4.79 Å². The standard InChI is InChI=1S/C20H26N6OS/c1-13-11-28-18-17(13)21-12-22-19(18)26-7-5-15(6-8-26)10-24(3)20(27)16-9-14(2)25(4)23-16/h9,11-12,15H,5-8,10H2,1-4H3. The molecule has 1 saturated heterocycles. The van der Waals surface area contributed by atoms with Gasteiger partial charge in [-0.05, 0) is 49.6 Å². The van der Waals surface area contributed by atoms with Gasteiger partial charge < -0.3 is 9.80 Å². The van der Waals surface area contributed by atoms with Crippen LogP contribution in [0.3, 0.4) is 0 Å². The molecule has 4 rings (SSSR count). The zero-order chi connectivity index (χ0) is 19.8. The lowest BCUT2D eigenvalue weighted by molar-refractivity contribution is 0.0758. The molecule has 8 heteroatoms. The lowest BCUT2D eigenvalue weighted by atomic mass is 9.96. The molecule has 0 aromatic carbocycles. The summed E-state index contributed by atoms with van der Waals surface area (Å²) in [6, 6.07) is 1.85. The summed E-state index contributed by atoms with van der Waals surface area (Å²) in [5.74, 6) is 1.55. The van der Waals surface area contributed by atoms with Crippen molar-refractivity contribution in [3.05, 3.63) is 34.7 Å². The van der Waals surface area contributed by atoms with E-state index in [0.717, 1.165) is 49.5 Å². The van der Waals surface area contributed by atoms with Crippen LogP contribution >= 0.6 is 11.3 Å². The number of aromatic nitrogens is 4. The summed E-state index contributed by atoms with van der Waals surface area (Å²) in [6.07, 6.45) is 3.77. The maximum atomic E-state index is 12.6. The van der Waals surface area contributed by atoms with Crippen LogP contribution in [0.15, 0.2) is 17.8 Å². The number of hydrogen-bond donors (Lipinski definition) is 0. The predicted molar refractivity (Wildman–Crippen MR) is 112 cm³/mol. The van der Waals surface area contributed by atoms with Crippen molar-refractivity contribution in [3.63, 3.8) is 0 Å². The molecule has 0 atom stereocenters. The van der Waals surface area contributed by atoms with Crippen LogP contribution in [-0.2, 0) is 7.05 Å². The summed E-state index contributed by atoms with van der Waals surface area (Å²) in [6.45, 7) is 6.73. The number of amides is 1. The molecule has 148 valence electrons. The first-order valence-electron chi connectivity index (χ1n) is 9.64. The first-order chi connectivity index (χ1) is 13.4. The van der Waals surface area contributed by atoms with E-state index >= 15 is 0 Å². The van der Waals surface area contributed by atoms with Gasteiger partial charge in [-0.3, -0.25) is 9.48 Å². The van der Waals surface area contributed by atoms with E-state index in [0.29, 0.717) is 11.6 Å². The number of carbonyl (C=O) groups excluding carboxylic acids is 1. The monoisotopic (exact) mass is 398 g/mol. The Hall–Kier alpha value is -2.48. The molecule has 4 heterocycles. The lowest BCUT2D eigenvalue weighted by Crippen LogP contribution is -2.40. The van der Waals surface area contributed by atoms with Gasteiger partial charge in [-0.15, -0.1) is 11.3 Å². The van der Waals surface area contributed by atoms with Gasteiger partial charge in [0.2, 0.25) is 0 Å². The topological polar surface area (TPSA) is 67.2 Å². The van der Waals surface area contributed by atoms with E-state index < -0.39 is 0 Å². The smallest absolute Gasteiger partial charge is 0.274 e. The molecule has 1 amide bonds. The van der Waals surface area contributed by atoms with E-state index in [9.17, 15) is 4.79 Å². The second kappa shape index (κ2) is 7.50. The second-order valence-corrected chi connectivity index (χ2v) is 8.58. The number of rotatable bonds is 4. The number of fused-ring (bicyclic) bond motifs is 1. The minimum atomic E-state index is -0.00213. The Labute approximate surface area is 169 Å². The van der Waals surface area contributed by atoms with E-state index in [2.05, 4.69) is 32.3 Å². The highest BCUT2D eigenvalue weighted by atomic mass is 32.1. The van der Waals surface area contributed by atoms with Gasteiger partial charge in [-0.25, -0.2) is 9.97 Å². The summed E-state index contributed by atoms with van der Waals surface area (Å²) in [5, 5.41) is 6.46. The van der Waals surface area contributed by atoms with Crippen LogP contribution < -0.4 is 4.90 Å². The first-order valence-corrected chi connectivity index (χ1v) is 10.5. The Bertz CT molecular complexity index is 982. The number of aryl methyl sites for hydroxylation is 3. The summed E-state index contributed by atoms with van der Waals surface area (Å²) in [5.41, 5.74) is 3.79. The van der Waals surface area contributed by atoms with Gasteiger partial charge in [0.25, 0.3) is 5.91 Å². The number of nitrogens with zero attached hydrogens (tertiary/aromatic N) is 6. The van der Waals surface area contributed by atoms with Crippen molar-refractivity contribution in [1.82, 2.24) is 24.6 Å². The molecule has 1 fully saturated rings. The minimum absolute atomic E-state index is 0.00213. The quantitative estimate of drug-likeness (QED) is 0.676. The van der Waals surface area contributed by atoms with Gasteiger partial charge in [-0.2, -0.15) is 5.10 Å². The van der Waals surface area contributed by atoms with Gasteiger partial charge in [0.1, 0.15) is 12.1 Å². The zero-order valence-electron chi connectivity index (χ0n) is 16.8. The highest BCUT2D eigenvalue weighted by Gasteiger charge is 2.25. The number of carbonyl (C=O) groups is 1. The molecule has 3 aromatic heterocycles. The minimum Gasteiger partial charge on any atom is -0.355 e. The lowest BCUT2D eigenvalue weighted by Gasteiger charge is -2.34. The SMILES string of the molecule is Cc1csc2c(N3CCC(CN(C)C(=O)c4cc(C)n(C)n4)CC3)ncnc12. The molecule has 0 aliphatic carbocycles. The molecule has 0 N–H and O–H groups in total. The van der Waals surface area contributed by atoms with Crippen LogP contribution in [0.2, 0.25) is 0 Å². The molecule has 0 spiro atoms. The highest BCUT2D eigenvalue weighted by molar-refractivity contribution is 7.18. The number of hydrogen-bond acceptors (Lipinski definition) is 6. The fourth-order valence-corrected chi connectivity index (χ4v) is 4.86. The zero-order valence-corrected chi connectivity index (χ0v) is 17.7. The highest BCUT2D eigenvalue weighted by Crippen LogP contribution is 2.33. The molecule has 0 unspecified atom stereocenters. The van der Waals surface area contributed by atoms with Gasteiger partial charge in [0.05, 0.1) is 10.2 Å². The maximum Gasteiger partial charge on any atom is 0.274 e. The molecule has 1 aliphatic rings. The number of piperidine rings is 1. The summed E-state index contributed by atoms with van der Waals surface area (Å²) < 4.78 is 2.92. The van der Waals surface area contributed by atoms with Crippen LogP contribution in [-0.4, -0.2) is 57.2 Å². The molecule has 7 nitrogen and oxygen atoms in total.